The summed E-state index contributed by atoms with van der Waals surface area (Å²) < 4.78 is 22.6. The maximum atomic E-state index is 11.3. The molecule has 0 spiro atoms. The molecule has 17 heavy (non-hydrogen) atoms. The Morgan fingerprint density at radius 2 is 2.12 bits per heavy atom. The Hall–Kier alpha value is -0.860. The Bertz CT molecular complexity index is 394. The van der Waals surface area contributed by atoms with Gasteiger partial charge in [0.1, 0.15) is 15.4 Å². The highest BCUT2D eigenvalue weighted by Gasteiger charge is 2.44. The molecule has 0 aromatic carbocycles. The Morgan fingerprint density at radius 1 is 1.53 bits per heavy atom. The first kappa shape index (κ1) is 14.2. The minimum atomic E-state index is -3.25. The van der Waals surface area contributed by atoms with Gasteiger partial charge >= 0.3 is 6.09 Å². The van der Waals surface area contributed by atoms with Crippen LogP contribution in [0.25, 0.3) is 0 Å². The molecule has 1 aliphatic carbocycles. The van der Waals surface area contributed by atoms with E-state index in [9.17, 15) is 23.4 Å². The molecule has 0 radical (unpaired) electrons. The lowest BCUT2D eigenvalue weighted by Crippen LogP contribution is -2.55. The third-order valence-electron chi connectivity index (χ3n) is 3.16. The number of carboxylic acid groups (broad SMARTS) is 1. The summed E-state index contributed by atoms with van der Waals surface area (Å²) in [4.78, 5) is 10.3. The summed E-state index contributed by atoms with van der Waals surface area (Å²) in [7, 11) is -3.25. The molecule has 3 unspecified atom stereocenters. The number of hydrogen-bond donors (Lipinski definition) is 4. The van der Waals surface area contributed by atoms with Gasteiger partial charge in [0.25, 0.3) is 0 Å². The zero-order valence-corrected chi connectivity index (χ0v) is 10.3. The number of aliphatic hydroxyl groups excluding tert-OH is 1. The van der Waals surface area contributed by atoms with Gasteiger partial charge in [-0.05, 0) is 19.3 Å². The monoisotopic (exact) mass is 267 g/mol. The predicted octanol–water partition coefficient (Wildman–Crippen LogP) is -1.06. The van der Waals surface area contributed by atoms with Crippen LogP contribution in [-0.2, 0) is 9.84 Å². The van der Waals surface area contributed by atoms with Crippen LogP contribution in [0, 0.1) is 0 Å². The van der Waals surface area contributed by atoms with Crippen LogP contribution in [0.5, 0.6) is 0 Å². The first-order valence-corrected chi connectivity index (χ1v) is 7.17. The van der Waals surface area contributed by atoms with Gasteiger partial charge in [-0.2, -0.15) is 0 Å². The summed E-state index contributed by atoms with van der Waals surface area (Å²) in [5, 5.41) is 29.5. The number of rotatable bonds is 3. The Labute approximate surface area is 99.4 Å². The van der Waals surface area contributed by atoms with E-state index in [1.54, 1.807) is 0 Å². The quantitative estimate of drug-likeness (QED) is 0.517. The number of amides is 1. The number of sulfone groups is 1. The lowest BCUT2D eigenvalue weighted by Gasteiger charge is -2.39. The summed E-state index contributed by atoms with van der Waals surface area (Å²) >= 11 is 0. The molecule has 1 saturated carbocycles. The van der Waals surface area contributed by atoms with E-state index < -0.39 is 32.9 Å². The van der Waals surface area contributed by atoms with Crippen LogP contribution in [0.15, 0.2) is 0 Å². The zero-order chi connectivity index (χ0) is 13.3. The molecule has 100 valence electrons. The Morgan fingerprint density at radius 3 is 2.53 bits per heavy atom. The topological polar surface area (TPSA) is 124 Å². The molecule has 1 aliphatic rings. The zero-order valence-electron chi connectivity index (χ0n) is 9.46. The second kappa shape index (κ2) is 4.79. The number of aliphatic hydroxyl groups is 2. The number of carbonyl (C=O) groups is 1. The second-order valence-electron chi connectivity index (χ2n) is 4.50. The van der Waals surface area contributed by atoms with Gasteiger partial charge in [-0.3, -0.25) is 0 Å². The van der Waals surface area contributed by atoms with Crippen molar-refractivity contribution in [2.75, 3.05) is 12.8 Å². The van der Waals surface area contributed by atoms with Crippen molar-refractivity contribution in [2.45, 2.75) is 36.2 Å². The van der Waals surface area contributed by atoms with E-state index >= 15 is 0 Å². The minimum Gasteiger partial charge on any atom is -0.465 e. The first-order valence-electron chi connectivity index (χ1n) is 5.21. The molecular weight excluding hydrogens is 250 g/mol. The van der Waals surface area contributed by atoms with Crippen LogP contribution >= 0.6 is 0 Å². The largest absolute Gasteiger partial charge is 0.465 e. The van der Waals surface area contributed by atoms with Gasteiger partial charge in [0, 0.05) is 6.26 Å². The summed E-state index contributed by atoms with van der Waals surface area (Å²) in [5.41, 5.74) is -1.58. The lowest BCUT2D eigenvalue weighted by atomic mass is 9.82. The fraction of sp³-hybridized carbons (Fsp3) is 0.889. The Balaban J connectivity index is 2.67. The van der Waals surface area contributed by atoms with E-state index in [-0.39, 0.29) is 25.8 Å². The first-order chi connectivity index (χ1) is 7.65. The van der Waals surface area contributed by atoms with Gasteiger partial charge in [-0.15, -0.1) is 0 Å². The molecule has 0 aliphatic heterocycles. The second-order valence-corrected chi connectivity index (χ2v) is 6.83. The average molecular weight is 267 g/mol. The third-order valence-corrected chi connectivity index (χ3v) is 4.80. The van der Waals surface area contributed by atoms with Crippen LogP contribution in [-0.4, -0.2) is 59.6 Å². The molecular formula is C9H17NO6S. The fourth-order valence-corrected chi connectivity index (χ4v) is 3.07. The average Bonchev–Trinajstić information content (AvgIpc) is 2.18. The molecule has 3 atom stereocenters. The third kappa shape index (κ3) is 3.55. The molecule has 0 aromatic heterocycles. The molecule has 0 heterocycles. The van der Waals surface area contributed by atoms with Crippen LogP contribution in [0.2, 0.25) is 0 Å². The Kier molecular flexibility index (Phi) is 4.00. The van der Waals surface area contributed by atoms with Crippen LogP contribution in [0.1, 0.15) is 19.3 Å². The van der Waals surface area contributed by atoms with Crippen molar-refractivity contribution >= 4 is 15.9 Å². The molecule has 0 bridgehead atoms. The summed E-state index contributed by atoms with van der Waals surface area (Å²) in [6, 6.07) is 0. The van der Waals surface area contributed by atoms with Crippen LogP contribution in [0.4, 0.5) is 4.79 Å². The summed E-state index contributed by atoms with van der Waals surface area (Å²) in [6.45, 7) is -0.306. The van der Waals surface area contributed by atoms with Gasteiger partial charge in [0.2, 0.25) is 0 Å². The standard InChI is InChI=1S/C9H17NO6S/c1-17(15,16)6-2-3-9(14,7(11)4-6)5-10-8(12)13/h6-7,10-11,14H,2-5H2,1H3,(H,12,13). The molecule has 8 heteroatoms. The van der Waals surface area contributed by atoms with Crippen molar-refractivity contribution in [1.82, 2.24) is 5.32 Å². The van der Waals surface area contributed by atoms with E-state index in [0.29, 0.717) is 0 Å². The smallest absolute Gasteiger partial charge is 0.404 e. The van der Waals surface area contributed by atoms with Crippen molar-refractivity contribution in [3.05, 3.63) is 0 Å². The van der Waals surface area contributed by atoms with E-state index in [1.807, 2.05) is 5.32 Å². The van der Waals surface area contributed by atoms with Gasteiger partial charge in [0.15, 0.2) is 0 Å². The maximum absolute atomic E-state index is 11.3. The number of nitrogens with one attached hydrogen (secondary N) is 1. The van der Waals surface area contributed by atoms with Crippen molar-refractivity contribution in [3.8, 4) is 0 Å². The maximum Gasteiger partial charge on any atom is 0.404 e. The van der Waals surface area contributed by atoms with E-state index in [4.69, 9.17) is 5.11 Å². The van der Waals surface area contributed by atoms with Crippen molar-refractivity contribution in [2.24, 2.45) is 0 Å². The van der Waals surface area contributed by atoms with E-state index in [2.05, 4.69) is 0 Å². The molecule has 1 fully saturated rings. The highest BCUT2D eigenvalue weighted by molar-refractivity contribution is 7.91. The van der Waals surface area contributed by atoms with Crippen molar-refractivity contribution in [3.63, 3.8) is 0 Å². The molecule has 4 N–H and O–H groups in total. The van der Waals surface area contributed by atoms with Crippen molar-refractivity contribution < 1.29 is 28.5 Å². The van der Waals surface area contributed by atoms with Crippen LogP contribution < -0.4 is 5.32 Å². The van der Waals surface area contributed by atoms with Gasteiger partial charge in [-0.1, -0.05) is 0 Å². The van der Waals surface area contributed by atoms with Crippen molar-refractivity contribution in [1.29, 1.82) is 0 Å². The van der Waals surface area contributed by atoms with Gasteiger partial charge in [-0.25, -0.2) is 13.2 Å². The lowest BCUT2D eigenvalue weighted by molar-refractivity contribution is -0.0952. The molecule has 1 rings (SSSR count). The number of hydrogen-bond acceptors (Lipinski definition) is 5. The summed E-state index contributed by atoms with van der Waals surface area (Å²) in [5.74, 6) is 0. The molecule has 0 saturated heterocycles. The van der Waals surface area contributed by atoms with E-state index in [0.717, 1.165) is 6.26 Å². The van der Waals surface area contributed by atoms with Crippen LogP contribution in [0.3, 0.4) is 0 Å². The van der Waals surface area contributed by atoms with Gasteiger partial charge < -0.3 is 20.6 Å². The normalized spacial score (nSPS) is 34.3. The predicted molar refractivity (Wildman–Crippen MR) is 59.5 cm³/mol. The minimum absolute atomic E-state index is 0.0478. The SMILES string of the molecule is CS(=O)(=O)C1CCC(O)(CNC(=O)O)C(O)C1. The highest BCUT2D eigenvalue weighted by Crippen LogP contribution is 2.31. The summed E-state index contributed by atoms with van der Waals surface area (Å²) in [6.07, 6.45) is -1.26. The molecule has 0 aromatic rings. The van der Waals surface area contributed by atoms with E-state index in [1.165, 1.54) is 0 Å². The fourth-order valence-electron chi connectivity index (χ4n) is 1.99. The molecule has 1 amide bonds. The molecule has 7 nitrogen and oxygen atoms in total. The van der Waals surface area contributed by atoms with Gasteiger partial charge in [0.05, 0.1) is 17.9 Å². The highest BCUT2D eigenvalue weighted by atomic mass is 32.2.